The van der Waals surface area contributed by atoms with Gasteiger partial charge in [-0.15, -0.1) is 0 Å². The van der Waals surface area contributed by atoms with Gasteiger partial charge in [-0.1, -0.05) is 35.9 Å². The summed E-state index contributed by atoms with van der Waals surface area (Å²) >= 11 is 7.61. The summed E-state index contributed by atoms with van der Waals surface area (Å²) in [6, 6.07) is 8.02. The van der Waals surface area contributed by atoms with Gasteiger partial charge in [0.05, 0.1) is 30.0 Å². The number of carbonyl (C=O) groups is 3. The van der Waals surface area contributed by atoms with Gasteiger partial charge in [0.15, 0.2) is 0 Å². The molecule has 2 aromatic rings. The van der Waals surface area contributed by atoms with Crippen LogP contribution in [0.1, 0.15) is 44.2 Å². The average molecular weight is 654 g/mol. The number of benzene rings is 2. The van der Waals surface area contributed by atoms with Gasteiger partial charge in [0.25, 0.3) is 0 Å². The van der Waals surface area contributed by atoms with Crippen LogP contribution in [0.3, 0.4) is 0 Å². The maximum absolute atomic E-state index is 13.0. The van der Waals surface area contributed by atoms with Crippen LogP contribution in [0.25, 0.3) is 0 Å². The minimum Gasteiger partial charge on any atom is -0.480 e. The molecule has 2 aromatic carbocycles. The molecular formula is C28H36ClN5O7S2. The lowest BCUT2D eigenvalue weighted by Gasteiger charge is -2.27. The number of hydrogen-bond donors (Lipinski definition) is 5. The fourth-order valence-corrected chi connectivity index (χ4v) is 7.38. The van der Waals surface area contributed by atoms with Crippen molar-refractivity contribution in [3.05, 3.63) is 52.5 Å². The predicted molar refractivity (Wildman–Crippen MR) is 163 cm³/mol. The molecule has 2 heterocycles. The van der Waals surface area contributed by atoms with E-state index in [1.807, 2.05) is 12.1 Å². The minimum atomic E-state index is -3.88. The molecule has 0 saturated carbocycles. The number of rotatable bonds is 13. The quantitative estimate of drug-likeness (QED) is 0.159. The molecule has 3 atom stereocenters. The number of amides is 1. The van der Waals surface area contributed by atoms with Crippen molar-refractivity contribution in [1.29, 1.82) is 0 Å². The molecule has 1 fully saturated rings. The third-order valence-electron chi connectivity index (χ3n) is 7.28. The normalized spacial score (nSPS) is 17.9. The van der Waals surface area contributed by atoms with Gasteiger partial charge in [-0.3, -0.25) is 14.9 Å². The van der Waals surface area contributed by atoms with Crippen molar-refractivity contribution in [2.24, 2.45) is 0 Å². The van der Waals surface area contributed by atoms with E-state index in [4.69, 9.17) is 16.3 Å². The SMILES string of the molecule is CCOC(=O)C(CCc1ccc(CNS(=O)(=O)c2cc3c(cc2Cl)NCNS3)cc1)N[C@@H](C)C(=O)N1CCC[C@H]1C(=O)O. The third kappa shape index (κ3) is 8.40. The van der Waals surface area contributed by atoms with Crippen molar-refractivity contribution in [3.63, 3.8) is 0 Å². The smallest absolute Gasteiger partial charge is 0.326 e. The van der Waals surface area contributed by atoms with Crippen LogP contribution >= 0.6 is 23.5 Å². The monoisotopic (exact) mass is 653 g/mol. The molecule has 2 aliphatic heterocycles. The Morgan fingerprint density at radius 2 is 1.93 bits per heavy atom. The van der Waals surface area contributed by atoms with Crippen molar-refractivity contribution >= 4 is 57.1 Å². The van der Waals surface area contributed by atoms with Gasteiger partial charge < -0.3 is 20.1 Å². The predicted octanol–water partition coefficient (Wildman–Crippen LogP) is 2.72. The molecule has 1 amide bonds. The third-order valence-corrected chi connectivity index (χ3v) is 9.99. The highest BCUT2D eigenvalue weighted by Crippen LogP contribution is 2.35. The first-order valence-electron chi connectivity index (χ1n) is 14.0. The molecule has 0 bridgehead atoms. The number of sulfonamides is 1. The van der Waals surface area contributed by atoms with E-state index in [1.165, 1.54) is 22.9 Å². The molecule has 4 rings (SSSR count). The van der Waals surface area contributed by atoms with Crippen LogP contribution in [0.15, 0.2) is 46.2 Å². The number of halogens is 1. The van der Waals surface area contributed by atoms with Crippen molar-refractivity contribution in [1.82, 2.24) is 19.7 Å². The summed E-state index contributed by atoms with van der Waals surface area (Å²) in [6.45, 7) is 4.46. The van der Waals surface area contributed by atoms with Crippen LogP contribution in [-0.4, -0.2) is 74.2 Å². The largest absolute Gasteiger partial charge is 0.480 e. The second-order valence-corrected chi connectivity index (χ2v) is 13.4. The Bertz CT molecular complexity index is 1440. The number of aliphatic carboxylic acids is 1. The number of carboxylic acid groups (broad SMARTS) is 1. The number of likely N-dealkylation sites (tertiary alicyclic amines) is 1. The first-order valence-corrected chi connectivity index (χ1v) is 16.7. The zero-order valence-electron chi connectivity index (χ0n) is 23.9. The van der Waals surface area contributed by atoms with Gasteiger partial charge in [0, 0.05) is 18.0 Å². The van der Waals surface area contributed by atoms with Crippen molar-refractivity contribution < 1.29 is 32.6 Å². The van der Waals surface area contributed by atoms with E-state index in [0.717, 1.165) is 21.7 Å². The van der Waals surface area contributed by atoms with Gasteiger partial charge >= 0.3 is 11.9 Å². The summed E-state index contributed by atoms with van der Waals surface area (Å²) < 4.78 is 36.8. The highest BCUT2D eigenvalue weighted by molar-refractivity contribution is 7.97. The molecule has 2 aliphatic rings. The van der Waals surface area contributed by atoms with Gasteiger partial charge in [0.2, 0.25) is 15.9 Å². The number of esters is 1. The molecular weight excluding hydrogens is 618 g/mol. The maximum atomic E-state index is 13.0. The lowest BCUT2D eigenvalue weighted by molar-refractivity contribution is -0.150. The Kier molecular flexibility index (Phi) is 11.3. The van der Waals surface area contributed by atoms with Crippen molar-refractivity contribution in [2.75, 3.05) is 25.1 Å². The van der Waals surface area contributed by atoms with Gasteiger partial charge in [-0.05, 0) is 74.7 Å². The van der Waals surface area contributed by atoms with Crippen molar-refractivity contribution in [2.45, 2.75) is 74.0 Å². The molecule has 5 N–H and O–H groups in total. The second-order valence-electron chi connectivity index (χ2n) is 10.3. The van der Waals surface area contributed by atoms with Gasteiger partial charge in [0.1, 0.15) is 17.0 Å². The first kappa shape index (κ1) is 33.0. The van der Waals surface area contributed by atoms with Crippen LogP contribution in [0.5, 0.6) is 0 Å². The topological polar surface area (TPSA) is 166 Å². The highest BCUT2D eigenvalue weighted by Gasteiger charge is 2.37. The molecule has 1 unspecified atom stereocenters. The second kappa shape index (κ2) is 14.7. The van der Waals surface area contributed by atoms with Crippen LogP contribution < -0.4 is 20.1 Å². The molecule has 234 valence electrons. The van der Waals surface area contributed by atoms with E-state index in [-0.39, 0.29) is 29.0 Å². The summed E-state index contributed by atoms with van der Waals surface area (Å²) in [5.74, 6) is -1.89. The standard InChI is InChI=1S/C28H36ClN5O7S2/c1-3-41-28(38)21(33-17(2)26(35)34-12-4-5-23(34)27(36)37)11-10-18-6-8-19(9-7-18)15-32-43(39,40)25-14-24-22(13-20(25)29)30-16-31-42-24/h6-9,13-14,17,21,23,30-33H,3-5,10-12,15-16H2,1-2H3,(H,36,37)/t17-,21?,23-/m0/s1. The summed E-state index contributed by atoms with van der Waals surface area (Å²) in [5.41, 5.74) is 2.40. The Morgan fingerprint density at radius 3 is 2.63 bits per heavy atom. The van der Waals surface area contributed by atoms with Crippen LogP contribution in [-0.2, 0) is 42.1 Å². The number of carbonyl (C=O) groups excluding carboxylic acids is 2. The molecule has 1 saturated heterocycles. The molecule has 12 nitrogen and oxygen atoms in total. The Morgan fingerprint density at radius 1 is 1.21 bits per heavy atom. The van der Waals surface area contributed by atoms with E-state index in [2.05, 4.69) is 20.1 Å². The molecule has 0 aromatic heterocycles. The molecule has 0 aliphatic carbocycles. The van der Waals surface area contributed by atoms with Crippen molar-refractivity contribution in [3.8, 4) is 0 Å². The summed E-state index contributed by atoms with van der Waals surface area (Å²) in [5, 5.41) is 15.7. The summed E-state index contributed by atoms with van der Waals surface area (Å²) in [7, 11) is -3.88. The van der Waals surface area contributed by atoms with Crippen LogP contribution in [0, 0.1) is 0 Å². The van der Waals surface area contributed by atoms with E-state index >= 15 is 0 Å². The number of nitrogens with zero attached hydrogens (tertiary/aromatic N) is 1. The fraction of sp³-hybridized carbons (Fsp3) is 0.464. The van der Waals surface area contributed by atoms with E-state index in [0.29, 0.717) is 38.9 Å². The lowest BCUT2D eigenvalue weighted by Crippen LogP contribution is -2.53. The molecule has 43 heavy (non-hydrogen) atoms. The lowest BCUT2D eigenvalue weighted by atomic mass is 10.0. The average Bonchev–Trinajstić information content (AvgIpc) is 3.48. The van der Waals surface area contributed by atoms with Crippen LogP contribution in [0.4, 0.5) is 5.69 Å². The Balaban J connectivity index is 1.34. The first-order chi connectivity index (χ1) is 20.5. The highest BCUT2D eigenvalue weighted by atomic mass is 35.5. The van der Waals surface area contributed by atoms with Gasteiger partial charge in [-0.2, -0.15) is 0 Å². The number of fused-ring (bicyclic) bond motifs is 1. The fourth-order valence-electron chi connectivity index (χ4n) is 5.02. The minimum absolute atomic E-state index is 0.00374. The van der Waals surface area contributed by atoms with E-state index in [9.17, 15) is 27.9 Å². The molecule has 0 spiro atoms. The number of ether oxygens (including phenoxy) is 1. The van der Waals surface area contributed by atoms with Crippen LogP contribution in [0.2, 0.25) is 5.02 Å². The Labute approximate surface area is 260 Å². The number of hydrogen-bond acceptors (Lipinski definition) is 10. The summed E-state index contributed by atoms with van der Waals surface area (Å²) in [6.07, 6.45) is 1.84. The zero-order valence-corrected chi connectivity index (χ0v) is 26.3. The number of aryl methyl sites for hydroxylation is 1. The van der Waals surface area contributed by atoms with E-state index < -0.39 is 40.1 Å². The number of anilines is 1. The number of carboxylic acids is 1. The zero-order chi connectivity index (χ0) is 31.1. The number of nitrogens with one attached hydrogen (secondary N) is 4. The Hall–Kier alpha value is -2.88. The van der Waals surface area contributed by atoms with E-state index in [1.54, 1.807) is 32.0 Å². The molecule has 15 heteroatoms. The molecule has 0 radical (unpaired) electrons. The van der Waals surface area contributed by atoms with Gasteiger partial charge in [-0.25, -0.2) is 22.7 Å². The maximum Gasteiger partial charge on any atom is 0.326 e. The summed E-state index contributed by atoms with van der Waals surface area (Å²) in [4.78, 5) is 39.3.